The molecular formula is C7H13N3O. The van der Waals surface area contributed by atoms with Crippen molar-refractivity contribution in [3.8, 4) is 5.75 Å². The molecule has 1 rings (SSSR count). The van der Waals surface area contributed by atoms with Crippen molar-refractivity contribution in [1.82, 2.24) is 9.78 Å². The Kier molecular flexibility index (Phi) is 2.48. The number of ether oxygens (including phenoxy) is 1. The molecule has 1 heterocycles. The van der Waals surface area contributed by atoms with Gasteiger partial charge in [0.25, 0.3) is 0 Å². The van der Waals surface area contributed by atoms with E-state index in [1.165, 1.54) is 0 Å². The number of hydrogen-bond acceptors (Lipinski definition) is 3. The second-order valence-corrected chi connectivity index (χ2v) is 2.51. The van der Waals surface area contributed by atoms with Gasteiger partial charge in [0.2, 0.25) is 0 Å². The predicted octanol–water partition coefficient (Wildman–Crippen LogP) is 0.146. The maximum absolute atomic E-state index is 5.38. The van der Waals surface area contributed by atoms with Gasteiger partial charge in [0.05, 0.1) is 12.4 Å². The lowest BCUT2D eigenvalue weighted by Gasteiger charge is -2.08. The van der Waals surface area contributed by atoms with Crippen LogP contribution in [0.15, 0.2) is 12.4 Å². The highest BCUT2D eigenvalue weighted by Crippen LogP contribution is 2.08. The van der Waals surface area contributed by atoms with Gasteiger partial charge in [-0.15, -0.1) is 0 Å². The largest absolute Gasteiger partial charge is 0.486 e. The van der Waals surface area contributed by atoms with Crippen LogP contribution < -0.4 is 10.5 Å². The van der Waals surface area contributed by atoms with Gasteiger partial charge in [0.1, 0.15) is 6.10 Å². The van der Waals surface area contributed by atoms with Crippen molar-refractivity contribution in [2.45, 2.75) is 13.0 Å². The molecule has 0 aliphatic rings. The van der Waals surface area contributed by atoms with Crippen LogP contribution in [0.3, 0.4) is 0 Å². The fraction of sp³-hybridized carbons (Fsp3) is 0.571. The molecule has 11 heavy (non-hydrogen) atoms. The lowest BCUT2D eigenvalue weighted by molar-refractivity contribution is 0.230. The molecule has 0 aromatic carbocycles. The third-order valence-electron chi connectivity index (χ3n) is 1.35. The highest BCUT2D eigenvalue weighted by atomic mass is 16.5. The molecule has 4 nitrogen and oxygen atoms in total. The lowest BCUT2D eigenvalue weighted by Crippen LogP contribution is -2.22. The Labute approximate surface area is 66.0 Å². The van der Waals surface area contributed by atoms with E-state index in [-0.39, 0.29) is 6.10 Å². The van der Waals surface area contributed by atoms with Crippen LogP contribution in [0.2, 0.25) is 0 Å². The summed E-state index contributed by atoms with van der Waals surface area (Å²) in [7, 11) is 1.85. The molecular weight excluding hydrogens is 142 g/mol. The van der Waals surface area contributed by atoms with Gasteiger partial charge in [0.15, 0.2) is 5.75 Å². The van der Waals surface area contributed by atoms with Gasteiger partial charge in [0, 0.05) is 13.6 Å². The summed E-state index contributed by atoms with van der Waals surface area (Å²) in [5.41, 5.74) is 5.37. The van der Waals surface area contributed by atoms with Gasteiger partial charge in [-0.05, 0) is 6.92 Å². The number of nitrogens with zero attached hydrogens (tertiary/aromatic N) is 2. The fourth-order valence-electron chi connectivity index (χ4n) is 0.740. The Balaban J connectivity index is 2.50. The van der Waals surface area contributed by atoms with Crippen molar-refractivity contribution in [3.63, 3.8) is 0 Å². The van der Waals surface area contributed by atoms with Crippen LogP contribution in [0.1, 0.15) is 6.92 Å². The Morgan fingerprint density at radius 3 is 3.00 bits per heavy atom. The van der Waals surface area contributed by atoms with E-state index in [1.807, 2.05) is 20.2 Å². The second kappa shape index (κ2) is 3.39. The Hall–Kier alpha value is -1.03. The average Bonchev–Trinajstić information content (AvgIpc) is 2.35. The zero-order valence-electron chi connectivity index (χ0n) is 6.82. The minimum Gasteiger partial charge on any atom is -0.486 e. The van der Waals surface area contributed by atoms with Crippen molar-refractivity contribution >= 4 is 0 Å². The van der Waals surface area contributed by atoms with E-state index in [4.69, 9.17) is 10.5 Å². The monoisotopic (exact) mass is 155 g/mol. The highest BCUT2D eigenvalue weighted by Gasteiger charge is 2.01. The molecule has 0 aliphatic carbocycles. The zero-order valence-corrected chi connectivity index (χ0v) is 6.82. The second-order valence-electron chi connectivity index (χ2n) is 2.51. The SMILES string of the molecule is CC(CN)Oc1cnn(C)c1. The summed E-state index contributed by atoms with van der Waals surface area (Å²) in [6.07, 6.45) is 3.54. The van der Waals surface area contributed by atoms with E-state index < -0.39 is 0 Å². The molecule has 2 N–H and O–H groups in total. The van der Waals surface area contributed by atoms with Crippen LogP contribution in [0.5, 0.6) is 5.75 Å². The molecule has 0 spiro atoms. The molecule has 1 unspecified atom stereocenters. The lowest BCUT2D eigenvalue weighted by atomic mass is 10.4. The number of aryl methyl sites for hydroxylation is 1. The van der Waals surface area contributed by atoms with E-state index in [9.17, 15) is 0 Å². The van der Waals surface area contributed by atoms with E-state index in [1.54, 1.807) is 10.9 Å². The summed E-state index contributed by atoms with van der Waals surface area (Å²) in [6.45, 7) is 2.45. The quantitative estimate of drug-likeness (QED) is 0.675. The van der Waals surface area contributed by atoms with Crippen molar-refractivity contribution in [2.24, 2.45) is 12.8 Å². The van der Waals surface area contributed by atoms with Crippen LogP contribution in [0.4, 0.5) is 0 Å². The Bertz CT molecular complexity index is 221. The summed E-state index contributed by atoms with van der Waals surface area (Å²) in [6, 6.07) is 0. The maximum atomic E-state index is 5.38. The molecule has 0 amide bonds. The van der Waals surface area contributed by atoms with Crippen molar-refractivity contribution < 1.29 is 4.74 Å². The molecule has 1 aromatic rings. The molecule has 62 valence electrons. The normalized spacial score (nSPS) is 13.0. The molecule has 0 bridgehead atoms. The molecule has 1 atom stereocenters. The van der Waals surface area contributed by atoms with Crippen LogP contribution in [-0.4, -0.2) is 22.4 Å². The summed E-state index contributed by atoms with van der Waals surface area (Å²) in [5.74, 6) is 0.769. The van der Waals surface area contributed by atoms with Crippen LogP contribution in [-0.2, 0) is 7.05 Å². The molecule has 1 aromatic heterocycles. The zero-order chi connectivity index (χ0) is 8.27. The highest BCUT2D eigenvalue weighted by molar-refractivity contribution is 5.11. The maximum Gasteiger partial charge on any atom is 0.157 e. The van der Waals surface area contributed by atoms with Crippen LogP contribution >= 0.6 is 0 Å². The van der Waals surface area contributed by atoms with Gasteiger partial charge in [-0.1, -0.05) is 0 Å². The first kappa shape index (κ1) is 8.07. The fourth-order valence-corrected chi connectivity index (χ4v) is 0.740. The van der Waals surface area contributed by atoms with E-state index >= 15 is 0 Å². The predicted molar refractivity (Wildman–Crippen MR) is 42.4 cm³/mol. The first-order valence-corrected chi connectivity index (χ1v) is 3.57. The minimum atomic E-state index is 0.0548. The van der Waals surface area contributed by atoms with Crippen molar-refractivity contribution in [2.75, 3.05) is 6.54 Å². The van der Waals surface area contributed by atoms with E-state index in [0.717, 1.165) is 5.75 Å². The molecule has 0 radical (unpaired) electrons. The Morgan fingerprint density at radius 1 is 1.82 bits per heavy atom. The summed E-state index contributed by atoms with van der Waals surface area (Å²) >= 11 is 0. The minimum absolute atomic E-state index is 0.0548. The Morgan fingerprint density at radius 2 is 2.55 bits per heavy atom. The molecule has 0 saturated heterocycles. The van der Waals surface area contributed by atoms with Gasteiger partial charge in [-0.3, -0.25) is 4.68 Å². The smallest absolute Gasteiger partial charge is 0.157 e. The standard InChI is InChI=1S/C7H13N3O/c1-6(3-8)11-7-4-9-10(2)5-7/h4-6H,3,8H2,1-2H3. The average molecular weight is 155 g/mol. The first-order chi connectivity index (χ1) is 5.22. The third-order valence-corrected chi connectivity index (χ3v) is 1.35. The number of nitrogens with two attached hydrogens (primary N) is 1. The number of rotatable bonds is 3. The third kappa shape index (κ3) is 2.23. The summed E-state index contributed by atoms with van der Waals surface area (Å²) in [5, 5.41) is 3.95. The molecule has 0 saturated carbocycles. The first-order valence-electron chi connectivity index (χ1n) is 3.57. The van der Waals surface area contributed by atoms with Crippen molar-refractivity contribution in [3.05, 3.63) is 12.4 Å². The topological polar surface area (TPSA) is 53.1 Å². The molecule has 0 aliphatic heterocycles. The van der Waals surface area contributed by atoms with Crippen LogP contribution in [0.25, 0.3) is 0 Å². The van der Waals surface area contributed by atoms with Gasteiger partial charge in [-0.2, -0.15) is 5.10 Å². The summed E-state index contributed by atoms with van der Waals surface area (Å²) < 4.78 is 7.07. The van der Waals surface area contributed by atoms with E-state index in [0.29, 0.717) is 6.54 Å². The van der Waals surface area contributed by atoms with Gasteiger partial charge < -0.3 is 10.5 Å². The molecule has 0 fully saturated rings. The van der Waals surface area contributed by atoms with Crippen molar-refractivity contribution in [1.29, 1.82) is 0 Å². The van der Waals surface area contributed by atoms with E-state index in [2.05, 4.69) is 5.10 Å². The van der Waals surface area contributed by atoms with Gasteiger partial charge in [-0.25, -0.2) is 0 Å². The number of hydrogen-bond donors (Lipinski definition) is 1. The number of aromatic nitrogens is 2. The summed E-state index contributed by atoms with van der Waals surface area (Å²) in [4.78, 5) is 0. The molecule has 4 heteroatoms. The van der Waals surface area contributed by atoms with Gasteiger partial charge >= 0.3 is 0 Å². The van der Waals surface area contributed by atoms with Crippen LogP contribution in [0, 0.1) is 0 Å².